The van der Waals surface area contributed by atoms with E-state index >= 15 is 0 Å². The Labute approximate surface area is 217 Å². The first kappa shape index (κ1) is 25.4. The second-order valence-corrected chi connectivity index (χ2v) is 10.9. The number of nitrogens with one attached hydrogen (secondary N) is 1. The van der Waals surface area contributed by atoms with Crippen LogP contribution in [0.25, 0.3) is 0 Å². The summed E-state index contributed by atoms with van der Waals surface area (Å²) >= 11 is 6.12. The number of halogens is 1. The molecule has 0 unspecified atom stereocenters. The van der Waals surface area contributed by atoms with E-state index in [1.807, 2.05) is 29.2 Å². The van der Waals surface area contributed by atoms with Crippen molar-refractivity contribution in [2.75, 3.05) is 37.6 Å². The molecule has 3 atom stereocenters. The highest BCUT2D eigenvalue weighted by Crippen LogP contribution is 2.42. The van der Waals surface area contributed by atoms with Crippen LogP contribution in [0.2, 0.25) is 5.02 Å². The lowest BCUT2D eigenvalue weighted by Crippen LogP contribution is -2.51. The van der Waals surface area contributed by atoms with Gasteiger partial charge in [0.25, 0.3) is 0 Å². The van der Waals surface area contributed by atoms with Crippen LogP contribution in [0.3, 0.4) is 0 Å². The van der Waals surface area contributed by atoms with Crippen molar-refractivity contribution >= 4 is 23.3 Å². The van der Waals surface area contributed by atoms with Crippen molar-refractivity contribution in [1.82, 2.24) is 20.2 Å². The minimum atomic E-state index is -0.528. The zero-order valence-electron chi connectivity index (χ0n) is 20.8. The number of nitrogens with zero attached hydrogens (tertiary/aromatic N) is 4. The predicted molar refractivity (Wildman–Crippen MR) is 139 cm³/mol. The van der Waals surface area contributed by atoms with Crippen LogP contribution in [-0.4, -0.2) is 75.9 Å². The molecule has 1 saturated heterocycles. The molecule has 0 radical (unpaired) electrons. The molecule has 2 fully saturated rings. The lowest BCUT2D eigenvalue weighted by molar-refractivity contribution is -0.133. The Morgan fingerprint density at radius 1 is 1.08 bits per heavy atom. The molecular weight excluding hydrogens is 478 g/mol. The number of benzene rings is 1. The molecule has 0 spiro atoms. The van der Waals surface area contributed by atoms with Gasteiger partial charge < -0.3 is 25.3 Å². The molecule has 2 aromatic rings. The van der Waals surface area contributed by atoms with Crippen LogP contribution in [0.5, 0.6) is 0 Å². The Balaban J connectivity index is 1.26. The van der Waals surface area contributed by atoms with Gasteiger partial charge >= 0.3 is 0 Å². The molecule has 1 aromatic carbocycles. The predicted octanol–water partition coefficient (Wildman–Crippen LogP) is 3.00. The van der Waals surface area contributed by atoms with E-state index in [1.165, 1.54) is 0 Å². The topological polar surface area (TPSA) is 102 Å². The standard InChI is InChI=1S/C27H36ClN5O3/c1-17-14-23(35)25-24(17)26(31-16-30-25)32-10-12-33(13-11-32)27(36)22(18-2-4-19(28)5-3-18)15-29-20-6-8-21(34)9-7-20/h2-5,16-17,20-23,29,34-35H,6-15H2,1H3/t17-,20?,21?,22-,23-/m1/s1. The summed E-state index contributed by atoms with van der Waals surface area (Å²) in [5, 5.41) is 24.4. The van der Waals surface area contributed by atoms with Crippen LogP contribution in [0.1, 0.15) is 73.8 Å². The van der Waals surface area contributed by atoms with Crippen molar-refractivity contribution in [3.63, 3.8) is 0 Å². The summed E-state index contributed by atoms with van der Waals surface area (Å²) in [6, 6.07) is 7.91. The lowest BCUT2D eigenvalue weighted by atomic mass is 9.91. The molecule has 2 heterocycles. The van der Waals surface area contributed by atoms with Gasteiger partial charge in [-0.3, -0.25) is 4.79 Å². The smallest absolute Gasteiger partial charge is 0.231 e. The van der Waals surface area contributed by atoms with Crippen molar-refractivity contribution in [2.24, 2.45) is 0 Å². The zero-order valence-corrected chi connectivity index (χ0v) is 21.6. The number of amides is 1. The van der Waals surface area contributed by atoms with Gasteiger partial charge in [-0.2, -0.15) is 0 Å². The second-order valence-electron chi connectivity index (χ2n) is 10.5. The van der Waals surface area contributed by atoms with Gasteiger partial charge in [0.2, 0.25) is 5.91 Å². The number of carbonyl (C=O) groups is 1. The van der Waals surface area contributed by atoms with Gasteiger partial charge in [0.15, 0.2) is 0 Å². The number of fused-ring (bicyclic) bond motifs is 1. The van der Waals surface area contributed by atoms with Crippen molar-refractivity contribution in [3.8, 4) is 0 Å². The lowest BCUT2D eigenvalue weighted by Gasteiger charge is -2.38. The van der Waals surface area contributed by atoms with Gasteiger partial charge in [0, 0.05) is 49.4 Å². The molecule has 3 aliphatic rings. The molecule has 194 valence electrons. The molecule has 8 nitrogen and oxygen atoms in total. The molecule has 1 amide bonds. The summed E-state index contributed by atoms with van der Waals surface area (Å²) in [6.45, 7) is 5.30. The summed E-state index contributed by atoms with van der Waals surface area (Å²) < 4.78 is 0. The number of aliphatic hydroxyl groups is 2. The third kappa shape index (κ3) is 5.37. The number of hydrogen-bond donors (Lipinski definition) is 3. The largest absolute Gasteiger partial charge is 0.393 e. The van der Waals surface area contributed by atoms with Crippen LogP contribution < -0.4 is 10.2 Å². The number of carbonyl (C=O) groups excluding carboxylic acids is 1. The van der Waals surface area contributed by atoms with E-state index in [4.69, 9.17) is 11.6 Å². The van der Waals surface area contributed by atoms with E-state index in [-0.39, 0.29) is 23.8 Å². The van der Waals surface area contributed by atoms with Gasteiger partial charge in [0.05, 0.1) is 23.8 Å². The number of rotatable bonds is 6. The number of anilines is 1. The summed E-state index contributed by atoms with van der Waals surface area (Å²) in [4.78, 5) is 26.9. The molecule has 5 rings (SSSR count). The average molecular weight is 514 g/mol. The maximum Gasteiger partial charge on any atom is 0.231 e. The average Bonchev–Trinajstić information content (AvgIpc) is 3.19. The molecule has 36 heavy (non-hydrogen) atoms. The Morgan fingerprint density at radius 3 is 2.47 bits per heavy atom. The molecule has 2 aliphatic carbocycles. The van der Waals surface area contributed by atoms with Crippen LogP contribution in [0, 0.1) is 0 Å². The Bertz CT molecular complexity index is 1050. The van der Waals surface area contributed by atoms with Crippen molar-refractivity contribution < 1.29 is 15.0 Å². The van der Waals surface area contributed by atoms with E-state index in [0.717, 1.165) is 48.3 Å². The number of piperazine rings is 1. The Morgan fingerprint density at radius 2 is 1.78 bits per heavy atom. The number of aromatic nitrogens is 2. The Kier molecular flexibility index (Phi) is 7.76. The quantitative estimate of drug-likeness (QED) is 0.545. The summed E-state index contributed by atoms with van der Waals surface area (Å²) in [5.41, 5.74) is 2.76. The van der Waals surface area contributed by atoms with Gasteiger partial charge in [0.1, 0.15) is 12.1 Å². The highest BCUT2D eigenvalue weighted by atomic mass is 35.5. The van der Waals surface area contributed by atoms with Gasteiger partial charge in [-0.25, -0.2) is 9.97 Å². The third-order valence-electron chi connectivity index (χ3n) is 8.05. The van der Waals surface area contributed by atoms with E-state index in [1.54, 1.807) is 6.33 Å². The van der Waals surface area contributed by atoms with E-state index in [9.17, 15) is 15.0 Å². The van der Waals surface area contributed by atoms with Crippen LogP contribution in [0.4, 0.5) is 5.82 Å². The van der Waals surface area contributed by atoms with Crippen molar-refractivity contribution in [2.45, 2.75) is 69.1 Å². The van der Waals surface area contributed by atoms with Gasteiger partial charge in [-0.1, -0.05) is 30.7 Å². The molecule has 1 saturated carbocycles. The van der Waals surface area contributed by atoms with Gasteiger partial charge in [-0.15, -0.1) is 0 Å². The molecule has 3 N–H and O–H groups in total. The fourth-order valence-electron chi connectivity index (χ4n) is 5.92. The zero-order chi connectivity index (χ0) is 25.2. The number of hydrogen-bond acceptors (Lipinski definition) is 7. The van der Waals surface area contributed by atoms with E-state index in [0.29, 0.717) is 50.2 Å². The summed E-state index contributed by atoms with van der Waals surface area (Å²) in [6.07, 6.45) is 4.96. The molecular formula is C27H36ClN5O3. The number of aliphatic hydroxyl groups excluding tert-OH is 2. The van der Waals surface area contributed by atoms with Crippen LogP contribution >= 0.6 is 11.6 Å². The van der Waals surface area contributed by atoms with Crippen LogP contribution in [0.15, 0.2) is 30.6 Å². The molecule has 1 aliphatic heterocycles. The summed E-state index contributed by atoms with van der Waals surface area (Å²) in [7, 11) is 0. The minimum absolute atomic E-state index is 0.122. The maximum absolute atomic E-state index is 13.8. The highest BCUT2D eigenvalue weighted by Gasteiger charge is 2.35. The molecule has 0 bridgehead atoms. The monoisotopic (exact) mass is 513 g/mol. The van der Waals surface area contributed by atoms with E-state index < -0.39 is 6.10 Å². The van der Waals surface area contributed by atoms with E-state index in [2.05, 4.69) is 27.1 Å². The highest BCUT2D eigenvalue weighted by molar-refractivity contribution is 6.30. The second kappa shape index (κ2) is 11.0. The minimum Gasteiger partial charge on any atom is -0.393 e. The first-order valence-corrected chi connectivity index (χ1v) is 13.5. The Hall–Kier alpha value is -2.26. The SMILES string of the molecule is C[C@@H]1C[C@@H](O)c2ncnc(N3CCN(C(=O)[C@H](CNC4CCC(O)CC4)c4ccc(Cl)cc4)CC3)c21. The van der Waals surface area contributed by atoms with Crippen LogP contribution in [-0.2, 0) is 4.79 Å². The maximum atomic E-state index is 13.8. The van der Waals surface area contributed by atoms with Gasteiger partial charge in [-0.05, 0) is 55.7 Å². The molecule has 9 heteroatoms. The fourth-order valence-corrected chi connectivity index (χ4v) is 6.05. The fraction of sp³-hybridized carbons (Fsp3) is 0.593. The molecule has 1 aromatic heterocycles. The third-order valence-corrected chi connectivity index (χ3v) is 8.30. The van der Waals surface area contributed by atoms with Crippen molar-refractivity contribution in [1.29, 1.82) is 0 Å². The summed E-state index contributed by atoms with van der Waals surface area (Å²) in [5.74, 6) is 0.940. The normalized spacial score (nSPS) is 27.1. The first-order chi connectivity index (χ1) is 17.4. The van der Waals surface area contributed by atoms with Crippen molar-refractivity contribution in [3.05, 3.63) is 52.4 Å². The first-order valence-electron chi connectivity index (χ1n) is 13.1.